The van der Waals surface area contributed by atoms with Crippen LogP contribution in [-0.4, -0.2) is 29.9 Å². The lowest BCUT2D eigenvalue weighted by molar-refractivity contribution is 0.0645. The zero-order valence-corrected chi connectivity index (χ0v) is 14.0. The zero-order valence-electron chi connectivity index (χ0n) is 13.3. The Hall–Kier alpha value is -1.91. The number of carbonyl (C=O) groups is 1. The van der Waals surface area contributed by atoms with Gasteiger partial charge in [-0.3, -0.25) is 4.79 Å². The average molecular weight is 347 g/mol. The highest BCUT2D eigenvalue weighted by Crippen LogP contribution is 2.23. The summed E-state index contributed by atoms with van der Waals surface area (Å²) in [6.07, 6.45) is 1.68. The van der Waals surface area contributed by atoms with E-state index in [-0.39, 0.29) is 23.4 Å². The standard InChI is InChI=1S/C19H20ClFN2O/c20-15-7-5-13(6-8-15)9-14-10-16(22)12-23(11-14)19(24)17-3-1-2-4-18(17)21/h1-8,14,16H,9-12,22H2. The van der Waals surface area contributed by atoms with Crippen LogP contribution in [-0.2, 0) is 6.42 Å². The highest BCUT2D eigenvalue weighted by Gasteiger charge is 2.29. The molecule has 0 aliphatic carbocycles. The lowest BCUT2D eigenvalue weighted by Crippen LogP contribution is -2.50. The molecule has 0 bridgehead atoms. The van der Waals surface area contributed by atoms with Crippen molar-refractivity contribution < 1.29 is 9.18 Å². The van der Waals surface area contributed by atoms with Crippen molar-refractivity contribution in [1.29, 1.82) is 0 Å². The van der Waals surface area contributed by atoms with E-state index in [9.17, 15) is 9.18 Å². The fourth-order valence-electron chi connectivity index (χ4n) is 3.32. The number of benzene rings is 2. The molecule has 1 aliphatic rings. The van der Waals surface area contributed by atoms with E-state index >= 15 is 0 Å². The van der Waals surface area contributed by atoms with E-state index in [4.69, 9.17) is 17.3 Å². The van der Waals surface area contributed by atoms with Crippen LogP contribution in [0, 0.1) is 11.7 Å². The quantitative estimate of drug-likeness (QED) is 0.924. The van der Waals surface area contributed by atoms with Crippen molar-refractivity contribution in [3.05, 3.63) is 70.5 Å². The maximum Gasteiger partial charge on any atom is 0.256 e. The van der Waals surface area contributed by atoms with E-state index in [0.29, 0.717) is 18.1 Å². The number of likely N-dealkylation sites (tertiary alicyclic amines) is 1. The van der Waals surface area contributed by atoms with Gasteiger partial charge in [-0.2, -0.15) is 0 Å². The van der Waals surface area contributed by atoms with Crippen LogP contribution in [0.4, 0.5) is 4.39 Å². The molecule has 0 aromatic heterocycles. The van der Waals surface area contributed by atoms with E-state index in [0.717, 1.165) is 18.4 Å². The molecule has 0 saturated carbocycles. The smallest absolute Gasteiger partial charge is 0.256 e. The van der Waals surface area contributed by atoms with Crippen LogP contribution in [0.15, 0.2) is 48.5 Å². The number of hydrogen-bond acceptors (Lipinski definition) is 2. The van der Waals surface area contributed by atoms with Gasteiger partial charge in [-0.1, -0.05) is 35.9 Å². The second-order valence-corrected chi connectivity index (χ2v) is 6.82. The number of rotatable bonds is 3. The maximum absolute atomic E-state index is 13.9. The first-order valence-corrected chi connectivity index (χ1v) is 8.44. The Kier molecular flexibility index (Phi) is 5.17. The Balaban J connectivity index is 1.72. The molecule has 24 heavy (non-hydrogen) atoms. The first kappa shape index (κ1) is 16.9. The van der Waals surface area contributed by atoms with Gasteiger partial charge in [0.05, 0.1) is 5.56 Å². The van der Waals surface area contributed by atoms with Crippen LogP contribution in [0.5, 0.6) is 0 Å². The molecule has 1 saturated heterocycles. The number of halogens is 2. The van der Waals surface area contributed by atoms with Gasteiger partial charge in [0.1, 0.15) is 5.82 Å². The molecule has 3 nitrogen and oxygen atoms in total. The van der Waals surface area contributed by atoms with Crippen molar-refractivity contribution in [2.75, 3.05) is 13.1 Å². The summed E-state index contributed by atoms with van der Waals surface area (Å²) >= 11 is 5.92. The van der Waals surface area contributed by atoms with E-state index in [2.05, 4.69) is 0 Å². The van der Waals surface area contributed by atoms with Crippen molar-refractivity contribution >= 4 is 17.5 Å². The van der Waals surface area contributed by atoms with Crippen LogP contribution >= 0.6 is 11.6 Å². The lowest BCUT2D eigenvalue weighted by Gasteiger charge is -2.36. The first-order chi connectivity index (χ1) is 11.5. The Bertz CT molecular complexity index is 720. The second-order valence-electron chi connectivity index (χ2n) is 6.38. The molecule has 126 valence electrons. The van der Waals surface area contributed by atoms with Gasteiger partial charge in [-0.05, 0) is 48.6 Å². The molecule has 2 atom stereocenters. The highest BCUT2D eigenvalue weighted by atomic mass is 35.5. The number of piperidine rings is 1. The van der Waals surface area contributed by atoms with E-state index < -0.39 is 5.82 Å². The molecule has 1 fully saturated rings. The number of hydrogen-bond donors (Lipinski definition) is 1. The monoisotopic (exact) mass is 346 g/mol. The van der Waals surface area contributed by atoms with E-state index in [1.807, 2.05) is 24.3 Å². The molecular weight excluding hydrogens is 327 g/mol. The minimum Gasteiger partial charge on any atom is -0.337 e. The minimum absolute atomic E-state index is 0.0910. The third-order valence-electron chi connectivity index (χ3n) is 4.40. The fraction of sp³-hybridized carbons (Fsp3) is 0.316. The first-order valence-electron chi connectivity index (χ1n) is 8.06. The Labute approximate surface area is 146 Å². The van der Waals surface area contributed by atoms with Gasteiger partial charge in [-0.25, -0.2) is 4.39 Å². The summed E-state index contributed by atoms with van der Waals surface area (Å²) < 4.78 is 13.9. The van der Waals surface area contributed by atoms with Crippen molar-refractivity contribution in [2.24, 2.45) is 11.7 Å². The summed E-state index contributed by atoms with van der Waals surface area (Å²) in [5, 5.41) is 0.704. The van der Waals surface area contributed by atoms with E-state index in [1.165, 1.54) is 12.1 Å². The second kappa shape index (κ2) is 7.32. The topological polar surface area (TPSA) is 46.3 Å². The molecule has 1 heterocycles. The summed E-state index contributed by atoms with van der Waals surface area (Å²) in [6.45, 7) is 1.05. The third kappa shape index (κ3) is 3.94. The summed E-state index contributed by atoms with van der Waals surface area (Å²) in [4.78, 5) is 14.3. The Morgan fingerprint density at radius 3 is 2.58 bits per heavy atom. The third-order valence-corrected chi connectivity index (χ3v) is 4.65. The molecule has 2 aromatic carbocycles. The maximum atomic E-state index is 13.9. The van der Waals surface area contributed by atoms with E-state index in [1.54, 1.807) is 17.0 Å². The van der Waals surface area contributed by atoms with Gasteiger partial charge in [-0.15, -0.1) is 0 Å². The van der Waals surface area contributed by atoms with Crippen LogP contribution < -0.4 is 5.73 Å². The van der Waals surface area contributed by atoms with Crippen molar-refractivity contribution in [2.45, 2.75) is 18.9 Å². The average Bonchev–Trinajstić information content (AvgIpc) is 2.56. The lowest BCUT2D eigenvalue weighted by atomic mass is 9.88. The molecule has 5 heteroatoms. The van der Waals surface area contributed by atoms with Gasteiger partial charge in [0, 0.05) is 24.2 Å². The molecule has 1 amide bonds. The SMILES string of the molecule is NC1CC(Cc2ccc(Cl)cc2)CN(C(=O)c2ccccc2F)C1. The number of amides is 1. The predicted molar refractivity (Wildman–Crippen MR) is 93.5 cm³/mol. The largest absolute Gasteiger partial charge is 0.337 e. The van der Waals surface area contributed by atoms with Gasteiger partial charge in [0.15, 0.2) is 0 Å². The molecular formula is C19H20ClFN2O. The van der Waals surface area contributed by atoms with Gasteiger partial charge in [0.2, 0.25) is 0 Å². The minimum atomic E-state index is -0.490. The molecule has 1 aliphatic heterocycles. The van der Waals surface area contributed by atoms with Gasteiger partial charge < -0.3 is 10.6 Å². The number of nitrogens with two attached hydrogens (primary N) is 1. The van der Waals surface area contributed by atoms with Crippen LogP contribution in [0.3, 0.4) is 0 Å². The summed E-state index contributed by atoms with van der Waals surface area (Å²) in [5.41, 5.74) is 7.41. The van der Waals surface area contributed by atoms with Crippen LogP contribution in [0.25, 0.3) is 0 Å². The predicted octanol–water partition coefficient (Wildman–Crippen LogP) is 3.51. The number of nitrogens with zero attached hydrogens (tertiary/aromatic N) is 1. The van der Waals surface area contributed by atoms with Crippen LogP contribution in [0.2, 0.25) is 5.02 Å². The Morgan fingerprint density at radius 1 is 1.17 bits per heavy atom. The normalized spacial score (nSPS) is 20.9. The van der Waals surface area contributed by atoms with Crippen molar-refractivity contribution in [3.8, 4) is 0 Å². The van der Waals surface area contributed by atoms with Gasteiger partial charge in [0.25, 0.3) is 5.91 Å². The molecule has 0 radical (unpaired) electrons. The zero-order chi connectivity index (χ0) is 17.1. The summed E-state index contributed by atoms with van der Waals surface area (Å²) in [5.74, 6) is -0.522. The van der Waals surface area contributed by atoms with Crippen LogP contribution in [0.1, 0.15) is 22.3 Å². The summed E-state index contributed by atoms with van der Waals surface area (Å²) in [6, 6.07) is 13.7. The Morgan fingerprint density at radius 2 is 1.88 bits per heavy atom. The molecule has 2 aromatic rings. The summed E-state index contributed by atoms with van der Waals surface area (Å²) in [7, 11) is 0. The molecule has 0 spiro atoms. The number of carbonyl (C=O) groups excluding carboxylic acids is 1. The molecule has 2 N–H and O–H groups in total. The van der Waals surface area contributed by atoms with Crippen molar-refractivity contribution in [3.63, 3.8) is 0 Å². The fourth-order valence-corrected chi connectivity index (χ4v) is 3.45. The molecule has 3 rings (SSSR count). The van der Waals surface area contributed by atoms with Crippen molar-refractivity contribution in [1.82, 2.24) is 4.90 Å². The highest BCUT2D eigenvalue weighted by molar-refractivity contribution is 6.30. The molecule has 2 unspecified atom stereocenters. The van der Waals surface area contributed by atoms with Gasteiger partial charge >= 0.3 is 0 Å².